The second-order valence-corrected chi connectivity index (χ2v) is 6.98. The van der Waals surface area contributed by atoms with Crippen LogP contribution in [-0.2, 0) is 28.1 Å². The molecule has 6 heteroatoms. The summed E-state index contributed by atoms with van der Waals surface area (Å²) in [5.74, 6) is -0.860. The third kappa shape index (κ3) is 2.56. The monoisotopic (exact) mass is 295 g/mol. The highest BCUT2D eigenvalue weighted by Crippen LogP contribution is 2.28. The molecule has 0 aliphatic rings. The lowest BCUT2D eigenvalue weighted by atomic mass is 10.1. The van der Waals surface area contributed by atoms with Crippen molar-refractivity contribution in [3.63, 3.8) is 0 Å². The fourth-order valence-electron chi connectivity index (χ4n) is 2.41. The molecule has 5 nitrogen and oxygen atoms in total. The summed E-state index contributed by atoms with van der Waals surface area (Å²) in [6.45, 7) is 1.91. The van der Waals surface area contributed by atoms with E-state index in [4.69, 9.17) is 5.11 Å². The van der Waals surface area contributed by atoms with E-state index in [9.17, 15) is 13.2 Å². The maximum atomic E-state index is 11.6. The molecule has 108 valence electrons. The van der Waals surface area contributed by atoms with Gasteiger partial charge < -0.3 is 9.67 Å². The SMILES string of the molecule is Cc1c(CCC(=O)O)c2cc(S(C)(=O)=O)ccc2n1C. The first-order valence-electron chi connectivity index (χ1n) is 6.21. The van der Waals surface area contributed by atoms with Crippen LogP contribution in [0.5, 0.6) is 0 Å². The number of hydrogen-bond donors (Lipinski definition) is 1. The largest absolute Gasteiger partial charge is 0.481 e. The van der Waals surface area contributed by atoms with Gasteiger partial charge in [0.2, 0.25) is 0 Å². The van der Waals surface area contributed by atoms with Gasteiger partial charge in [-0.2, -0.15) is 0 Å². The van der Waals surface area contributed by atoms with E-state index in [1.165, 1.54) is 6.26 Å². The Kier molecular flexibility index (Phi) is 3.60. The fraction of sp³-hybridized carbons (Fsp3) is 0.357. The number of aryl methyl sites for hydroxylation is 2. The number of carbonyl (C=O) groups is 1. The van der Waals surface area contributed by atoms with Gasteiger partial charge in [-0.05, 0) is 37.1 Å². The molecule has 1 aromatic carbocycles. The van der Waals surface area contributed by atoms with Crippen LogP contribution in [0.15, 0.2) is 23.1 Å². The molecular formula is C14H17NO4S. The van der Waals surface area contributed by atoms with E-state index in [0.717, 1.165) is 22.2 Å². The number of aromatic nitrogens is 1. The van der Waals surface area contributed by atoms with Crippen LogP contribution in [0.3, 0.4) is 0 Å². The molecule has 0 saturated heterocycles. The number of nitrogens with zero attached hydrogens (tertiary/aromatic N) is 1. The van der Waals surface area contributed by atoms with Crippen molar-refractivity contribution in [3.8, 4) is 0 Å². The summed E-state index contributed by atoms with van der Waals surface area (Å²) in [4.78, 5) is 11.0. The van der Waals surface area contributed by atoms with Crippen LogP contribution >= 0.6 is 0 Å². The number of benzene rings is 1. The third-order valence-electron chi connectivity index (χ3n) is 3.61. The van der Waals surface area contributed by atoms with Crippen molar-refractivity contribution in [2.75, 3.05) is 6.26 Å². The molecule has 0 unspecified atom stereocenters. The Balaban J connectivity index is 2.66. The summed E-state index contributed by atoms with van der Waals surface area (Å²) in [5.41, 5.74) is 2.78. The van der Waals surface area contributed by atoms with Gasteiger partial charge in [-0.15, -0.1) is 0 Å². The molecule has 0 aliphatic heterocycles. The molecule has 20 heavy (non-hydrogen) atoms. The Morgan fingerprint density at radius 3 is 2.55 bits per heavy atom. The minimum absolute atomic E-state index is 0.0308. The molecule has 0 amide bonds. The predicted molar refractivity (Wildman–Crippen MR) is 76.7 cm³/mol. The van der Waals surface area contributed by atoms with Crippen molar-refractivity contribution < 1.29 is 18.3 Å². The molecule has 0 aliphatic carbocycles. The average molecular weight is 295 g/mol. The number of carboxylic acids is 1. The molecule has 1 N–H and O–H groups in total. The Bertz CT molecular complexity index is 787. The number of sulfone groups is 1. The topological polar surface area (TPSA) is 76.4 Å². The number of rotatable bonds is 4. The molecule has 1 aromatic heterocycles. The maximum Gasteiger partial charge on any atom is 0.303 e. The van der Waals surface area contributed by atoms with Crippen molar-refractivity contribution >= 4 is 26.7 Å². The summed E-state index contributed by atoms with van der Waals surface area (Å²) >= 11 is 0. The molecule has 2 rings (SSSR count). The van der Waals surface area contributed by atoms with Crippen LogP contribution in [0.25, 0.3) is 10.9 Å². The summed E-state index contributed by atoms with van der Waals surface area (Å²) in [7, 11) is -1.38. The lowest BCUT2D eigenvalue weighted by molar-refractivity contribution is -0.136. The maximum absolute atomic E-state index is 11.6. The highest BCUT2D eigenvalue weighted by atomic mass is 32.2. The normalized spacial score (nSPS) is 11.9. The molecule has 0 saturated carbocycles. The van der Waals surface area contributed by atoms with Crippen molar-refractivity contribution in [1.82, 2.24) is 4.57 Å². The first-order chi connectivity index (χ1) is 9.21. The molecule has 0 fully saturated rings. The van der Waals surface area contributed by atoms with Gasteiger partial charge in [-0.25, -0.2) is 8.42 Å². The third-order valence-corrected chi connectivity index (χ3v) is 4.72. The number of hydrogen-bond acceptors (Lipinski definition) is 3. The Morgan fingerprint density at radius 1 is 1.35 bits per heavy atom. The zero-order chi connectivity index (χ0) is 15.1. The molecular weight excluding hydrogens is 278 g/mol. The van der Waals surface area contributed by atoms with Crippen molar-refractivity contribution in [3.05, 3.63) is 29.5 Å². The van der Waals surface area contributed by atoms with Crippen LogP contribution in [0, 0.1) is 6.92 Å². The van der Waals surface area contributed by atoms with E-state index in [1.807, 2.05) is 18.5 Å². The number of carboxylic acid groups (broad SMARTS) is 1. The quantitative estimate of drug-likeness (QED) is 0.934. The molecule has 0 bridgehead atoms. The Labute approximate surface area is 117 Å². The lowest BCUT2D eigenvalue weighted by Gasteiger charge is -2.01. The summed E-state index contributed by atoms with van der Waals surface area (Å²) in [6.07, 6.45) is 1.59. The van der Waals surface area contributed by atoms with E-state index in [2.05, 4.69) is 0 Å². The first-order valence-corrected chi connectivity index (χ1v) is 8.10. The van der Waals surface area contributed by atoms with E-state index in [1.54, 1.807) is 18.2 Å². The molecule has 0 radical (unpaired) electrons. The van der Waals surface area contributed by atoms with Crippen LogP contribution < -0.4 is 0 Å². The summed E-state index contributed by atoms with van der Waals surface area (Å²) < 4.78 is 25.2. The van der Waals surface area contributed by atoms with Crippen molar-refractivity contribution in [2.24, 2.45) is 7.05 Å². The van der Waals surface area contributed by atoms with E-state index in [0.29, 0.717) is 6.42 Å². The summed E-state index contributed by atoms with van der Waals surface area (Å²) in [6, 6.07) is 4.98. The highest BCUT2D eigenvalue weighted by molar-refractivity contribution is 7.90. The molecule has 1 heterocycles. The number of fused-ring (bicyclic) bond motifs is 1. The van der Waals surface area contributed by atoms with Gasteiger partial charge in [0, 0.05) is 36.3 Å². The van der Waals surface area contributed by atoms with E-state index >= 15 is 0 Å². The van der Waals surface area contributed by atoms with E-state index in [-0.39, 0.29) is 11.3 Å². The van der Waals surface area contributed by atoms with Gasteiger partial charge in [0.15, 0.2) is 9.84 Å². The second kappa shape index (κ2) is 4.94. The van der Waals surface area contributed by atoms with Gasteiger partial charge in [0.05, 0.1) is 4.90 Å². The lowest BCUT2D eigenvalue weighted by Crippen LogP contribution is -1.99. The Morgan fingerprint density at radius 2 is 2.00 bits per heavy atom. The Hall–Kier alpha value is -1.82. The minimum atomic E-state index is -3.27. The predicted octanol–water partition coefficient (Wildman–Crippen LogP) is 1.91. The highest BCUT2D eigenvalue weighted by Gasteiger charge is 2.16. The average Bonchev–Trinajstić information content (AvgIpc) is 2.58. The van der Waals surface area contributed by atoms with Gasteiger partial charge in [-0.3, -0.25) is 4.79 Å². The standard InChI is InChI=1S/C14H17NO4S/c1-9-11(5-7-14(16)17)12-8-10(20(3,18)19)4-6-13(12)15(9)2/h4,6,8H,5,7H2,1-3H3,(H,16,17). The van der Waals surface area contributed by atoms with Gasteiger partial charge in [0.1, 0.15) is 0 Å². The second-order valence-electron chi connectivity index (χ2n) is 4.97. The fourth-order valence-corrected chi connectivity index (χ4v) is 3.05. The smallest absolute Gasteiger partial charge is 0.303 e. The van der Waals surface area contributed by atoms with Crippen LogP contribution in [0.1, 0.15) is 17.7 Å². The molecule has 0 atom stereocenters. The minimum Gasteiger partial charge on any atom is -0.481 e. The molecule has 2 aromatic rings. The first kappa shape index (κ1) is 14.6. The number of aliphatic carboxylic acids is 1. The van der Waals surface area contributed by atoms with Crippen LogP contribution in [0.2, 0.25) is 0 Å². The summed E-state index contributed by atoms with van der Waals surface area (Å²) in [5, 5.41) is 9.64. The van der Waals surface area contributed by atoms with Crippen molar-refractivity contribution in [2.45, 2.75) is 24.7 Å². The zero-order valence-electron chi connectivity index (χ0n) is 11.7. The van der Waals surface area contributed by atoms with E-state index < -0.39 is 15.8 Å². The molecule has 0 spiro atoms. The van der Waals surface area contributed by atoms with Gasteiger partial charge >= 0.3 is 5.97 Å². The van der Waals surface area contributed by atoms with Crippen LogP contribution in [0.4, 0.5) is 0 Å². The van der Waals surface area contributed by atoms with Gasteiger partial charge in [0.25, 0.3) is 0 Å². The van der Waals surface area contributed by atoms with Crippen LogP contribution in [-0.4, -0.2) is 30.3 Å². The zero-order valence-corrected chi connectivity index (χ0v) is 12.5. The van der Waals surface area contributed by atoms with Gasteiger partial charge in [-0.1, -0.05) is 0 Å². The van der Waals surface area contributed by atoms with Crippen molar-refractivity contribution in [1.29, 1.82) is 0 Å².